The van der Waals surface area contributed by atoms with Crippen LogP contribution >= 0.6 is 23.7 Å². The number of carbonyl (C=O) groups excluding carboxylic acids is 1. The fourth-order valence-corrected chi connectivity index (χ4v) is 3.77. The molecule has 3 rings (SSSR count). The Morgan fingerprint density at radius 2 is 2.21 bits per heavy atom. The van der Waals surface area contributed by atoms with Crippen molar-refractivity contribution in [1.29, 1.82) is 0 Å². The topological polar surface area (TPSA) is 48.5 Å². The number of hydrogen-bond donors (Lipinski definition) is 1. The minimum Gasteiger partial charge on any atom is -0.340 e. The number of nitrogens with zero attached hydrogens (tertiary/aromatic N) is 3. The van der Waals surface area contributed by atoms with Crippen LogP contribution in [0.15, 0.2) is 5.38 Å². The van der Waals surface area contributed by atoms with E-state index in [0.717, 1.165) is 36.8 Å². The normalized spacial score (nSPS) is 24.5. The maximum Gasteiger partial charge on any atom is 0.262 e. The molecule has 3 heterocycles. The summed E-state index contributed by atoms with van der Waals surface area (Å²) in [7, 11) is 0. The number of carbonyl (C=O) groups is 1. The Balaban J connectivity index is 0.00000208. The van der Waals surface area contributed by atoms with Crippen LogP contribution in [0.2, 0.25) is 0 Å². The minimum absolute atomic E-state index is 0. The van der Waals surface area contributed by atoms with E-state index in [9.17, 15) is 13.6 Å². The zero-order valence-corrected chi connectivity index (χ0v) is 15.3. The molecule has 0 bridgehead atoms. The van der Waals surface area contributed by atoms with Crippen molar-refractivity contribution in [1.82, 2.24) is 20.1 Å². The Morgan fingerprint density at radius 1 is 1.42 bits per heavy atom. The van der Waals surface area contributed by atoms with Crippen molar-refractivity contribution in [2.24, 2.45) is 0 Å². The second-order valence-electron chi connectivity index (χ2n) is 6.31. The lowest BCUT2D eigenvalue weighted by Gasteiger charge is -2.24. The van der Waals surface area contributed by atoms with Gasteiger partial charge in [-0.05, 0) is 13.3 Å². The first kappa shape index (κ1) is 19.5. The minimum atomic E-state index is -2.76. The molecular weight excluding hydrogens is 358 g/mol. The van der Waals surface area contributed by atoms with E-state index >= 15 is 0 Å². The number of aromatic nitrogens is 1. The van der Waals surface area contributed by atoms with E-state index in [1.54, 1.807) is 16.2 Å². The van der Waals surface area contributed by atoms with Gasteiger partial charge >= 0.3 is 0 Å². The predicted molar refractivity (Wildman–Crippen MR) is 91.9 cm³/mol. The van der Waals surface area contributed by atoms with Crippen LogP contribution in [0, 0.1) is 6.92 Å². The number of rotatable bonds is 3. The Kier molecular flexibility index (Phi) is 6.52. The SMILES string of the molecule is Cc1nc(CN2CCCN(C(=O)C3CC(F)(F)CN3)CC2)cs1.Cl. The number of alkyl halides is 2. The molecule has 1 amide bonds. The van der Waals surface area contributed by atoms with Gasteiger partial charge in [0.15, 0.2) is 0 Å². The zero-order chi connectivity index (χ0) is 16.4. The number of halogens is 3. The molecule has 1 atom stereocenters. The highest BCUT2D eigenvalue weighted by molar-refractivity contribution is 7.09. The van der Waals surface area contributed by atoms with Crippen molar-refractivity contribution >= 4 is 29.7 Å². The molecule has 0 aromatic carbocycles. The second-order valence-corrected chi connectivity index (χ2v) is 7.37. The van der Waals surface area contributed by atoms with Gasteiger partial charge in [0.1, 0.15) is 0 Å². The maximum atomic E-state index is 13.3. The lowest BCUT2D eigenvalue weighted by molar-refractivity contribution is -0.133. The van der Waals surface area contributed by atoms with Gasteiger partial charge in [-0.15, -0.1) is 23.7 Å². The van der Waals surface area contributed by atoms with Gasteiger partial charge in [0, 0.05) is 44.5 Å². The Hall–Kier alpha value is -0.830. The van der Waals surface area contributed by atoms with Gasteiger partial charge in [0.05, 0.1) is 23.3 Å². The maximum absolute atomic E-state index is 13.3. The summed E-state index contributed by atoms with van der Waals surface area (Å²) in [4.78, 5) is 20.9. The number of nitrogens with one attached hydrogen (secondary N) is 1. The van der Waals surface area contributed by atoms with Crippen LogP contribution in [0.4, 0.5) is 8.78 Å². The average Bonchev–Trinajstić information content (AvgIpc) is 2.97. The first-order valence-corrected chi connectivity index (χ1v) is 8.84. The molecule has 2 fully saturated rings. The quantitative estimate of drug-likeness (QED) is 0.870. The van der Waals surface area contributed by atoms with Crippen LogP contribution in [0.5, 0.6) is 0 Å². The molecule has 1 unspecified atom stereocenters. The summed E-state index contributed by atoms with van der Waals surface area (Å²) < 4.78 is 26.5. The molecule has 0 aliphatic carbocycles. The third-order valence-electron chi connectivity index (χ3n) is 4.36. The van der Waals surface area contributed by atoms with Crippen molar-refractivity contribution in [2.45, 2.75) is 38.3 Å². The fourth-order valence-electron chi connectivity index (χ4n) is 3.17. The third-order valence-corrected chi connectivity index (χ3v) is 5.18. The fraction of sp³-hybridized carbons (Fsp3) is 0.733. The molecule has 0 radical (unpaired) electrons. The van der Waals surface area contributed by atoms with Crippen molar-refractivity contribution < 1.29 is 13.6 Å². The molecule has 9 heteroatoms. The summed E-state index contributed by atoms with van der Waals surface area (Å²) in [5, 5.41) is 5.77. The van der Waals surface area contributed by atoms with Gasteiger partial charge in [-0.3, -0.25) is 15.0 Å². The van der Waals surface area contributed by atoms with Gasteiger partial charge in [-0.2, -0.15) is 0 Å². The standard InChI is InChI=1S/C15H22F2N4OS.ClH/c1-11-19-12(9-23-11)8-20-3-2-4-21(6-5-20)14(22)13-7-15(16,17)10-18-13;/h9,13,18H,2-8,10H2,1H3;1H. The van der Waals surface area contributed by atoms with E-state index in [-0.39, 0.29) is 24.7 Å². The summed E-state index contributed by atoms with van der Waals surface area (Å²) in [5.74, 6) is -2.95. The number of aryl methyl sites for hydroxylation is 1. The number of hydrogen-bond acceptors (Lipinski definition) is 5. The molecule has 2 aliphatic rings. The highest BCUT2D eigenvalue weighted by Crippen LogP contribution is 2.26. The second kappa shape index (κ2) is 8.03. The van der Waals surface area contributed by atoms with E-state index in [1.807, 2.05) is 6.92 Å². The van der Waals surface area contributed by atoms with Crippen LogP contribution in [0.3, 0.4) is 0 Å². The largest absolute Gasteiger partial charge is 0.340 e. The first-order chi connectivity index (χ1) is 10.9. The summed E-state index contributed by atoms with van der Waals surface area (Å²) >= 11 is 1.64. The average molecular weight is 381 g/mol. The van der Waals surface area contributed by atoms with Gasteiger partial charge < -0.3 is 4.90 Å². The molecule has 24 heavy (non-hydrogen) atoms. The number of amides is 1. The third kappa shape index (κ3) is 4.84. The van der Waals surface area contributed by atoms with Crippen LogP contribution < -0.4 is 5.32 Å². The van der Waals surface area contributed by atoms with E-state index in [4.69, 9.17) is 0 Å². The molecule has 1 aromatic heterocycles. The van der Waals surface area contributed by atoms with Gasteiger partial charge in [0.25, 0.3) is 5.92 Å². The van der Waals surface area contributed by atoms with Crippen LogP contribution in [0.1, 0.15) is 23.5 Å². The highest BCUT2D eigenvalue weighted by atomic mass is 35.5. The van der Waals surface area contributed by atoms with Gasteiger partial charge in [-0.1, -0.05) is 0 Å². The summed E-state index contributed by atoms with van der Waals surface area (Å²) in [5.41, 5.74) is 1.06. The van der Waals surface area contributed by atoms with E-state index in [0.29, 0.717) is 13.1 Å². The summed E-state index contributed by atoms with van der Waals surface area (Å²) in [6.07, 6.45) is 0.474. The number of thiazole rings is 1. The predicted octanol–water partition coefficient (Wildman–Crippen LogP) is 1.90. The van der Waals surface area contributed by atoms with E-state index in [2.05, 4.69) is 20.6 Å². The molecule has 0 spiro atoms. The molecular formula is C15H23ClF2N4OS. The van der Waals surface area contributed by atoms with Crippen LogP contribution in [-0.2, 0) is 11.3 Å². The lowest BCUT2D eigenvalue weighted by Crippen LogP contribution is -2.45. The molecule has 0 saturated carbocycles. The lowest BCUT2D eigenvalue weighted by atomic mass is 10.1. The Bertz CT molecular complexity index is 571. The van der Waals surface area contributed by atoms with Gasteiger partial charge in [0.2, 0.25) is 5.91 Å². The Labute approximate surface area is 150 Å². The van der Waals surface area contributed by atoms with Crippen LogP contribution in [-0.4, -0.2) is 65.4 Å². The van der Waals surface area contributed by atoms with Crippen molar-refractivity contribution in [3.05, 3.63) is 16.1 Å². The molecule has 136 valence electrons. The van der Waals surface area contributed by atoms with E-state index in [1.165, 1.54) is 0 Å². The smallest absolute Gasteiger partial charge is 0.262 e. The Morgan fingerprint density at radius 3 is 2.83 bits per heavy atom. The molecule has 2 saturated heterocycles. The van der Waals surface area contributed by atoms with Crippen molar-refractivity contribution in [3.63, 3.8) is 0 Å². The summed E-state index contributed by atoms with van der Waals surface area (Å²) in [6, 6.07) is -0.738. The monoisotopic (exact) mass is 380 g/mol. The van der Waals surface area contributed by atoms with Crippen molar-refractivity contribution in [2.75, 3.05) is 32.7 Å². The molecule has 5 nitrogen and oxygen atoms in total. The molecule has 1 N–H and O–H groups in total. The first-order valence-electron chi connectivity index (χ1n) is 7.96. The molecule has 1 aromatic rings. The van der Waals surface area contributed by atoms with Crippen LogP contribution in [0.25, 0.3) is 0 Å². The molecule has 2 aliphatic heterocycles. The zero-order valence-electron chi connectivity index (χ0n) is 13.6. The highest BCUT2D eigenvalue weighted by Gasteiger charge is 2.43. The van der Waals surface area contributed by atoms with Crippen molar-refractivity contribution in [3.8, 4) is 0 Å². The summed E-state index contributed by atoms with van der Waals surface area (Å²) in [6.45, 7) is 5.25. The van der Waals surface area contributed by atoms with Gasteiger partial charge in [-0.25, -0.2) is 13.8 Å². The van der Waals surface area contributed by atoms with E-state index < -0.39 is 18.5 Å².